The smallest absolute Gasteiger partial charge is 0.223 e. The Morgan fingerprint density at radius 3 is 2.40 bits per heavy atom. The molecule has 0 atom stereocenters. The van der Waals surface area contributed by atoms with Gasteiger partial charge in [0.25, 0.3) is 0 Å². The van der Waals surface area contributed by atoms with E-state index in [1.807, 2.05) is 11.8 Å². The molecule has 0 bridgehead atoms. The lowest BCUT2D eigenvalue weighted by atomic mass is 9.88. The second-order valence-electron chi connectivity index (χ2n) is 4.57. The molecule has 0 radical (unpaired) electrons. The molecule has 4 heteroatoms. The van der Waals surface area contributed by atoms with Crippen molar-refractivity contribution in [3.8, 4) is 0 Å². The summed E-state index contributed by atoms with van der Waals surface area (Å²) in [6.07, 6.45) is 6.75. The van der Waals surface area contributed by atoms with Gasteiger partial charge in [0, 0.05) is 24.3 Å². The van der Waals surface area contributed by atoms with E-state index in [1.165, 1.54) is 12.8 Å². The molecule has 1 saturated heterocycles. The van der Waals surface area contributed by atoms with Crippen molar-refractivity contribution in [3.63, 3.8) is 0 Å². The molecular weight excluding hydrogens is 208 g/mol. The highest BCUT2D eigenvalue weighted by Gasteiger charge is 2.28. The maximum atomic E-state index is 11.9. The first kappa shape index (κ1) is 11.3. The first-order valence-electron chi connectivity index (χ1n) is 5.83. The van der Waals surface area contributed by atoms with Gasteiger partial charge in [-0.3, -0.25) is 4.79 Å². The van der Waals surface area contributed by atoms with Crippen molar-refractivity contribution in [2.75, 3.05) is 19.3 Å². The highest BCUT2D eigenvalue weighted by Crippen LogP contribution is 2.30. The number of carbonyl (C=O) groups excluding carboxylic acids is 1. The third kappa shape index (κ3) is 2.88. The topological polar surface area (TPSA) is 41.1 Å². The first-order chi connectivity index (χ1) is 7.29. The summed E-state index contributed by atoms with van der Waals surface area (Å²) in [5.74, 6) is 0.579. The van der Waals surface area contributed by atoms with E-state index in [0.29, 0.717) is 11.9 Å². The Labute approximate surface area is 95.8 Å². The Morgan fingerprint density at radius 1 is 1.27 bits per heavy atom. The molecule has 3 nitrogen and oxygen atoms in total. The molecule has 86 valence electrons. The van der Waals surface area contributed by atoms with Crippen molar-refractivity contribution in [1.82, 2.24) is 10.6 Å². The van der Waals surface area contributed by atoms with Gasteiger partial charge < -0.3 is 10.6 Å². The largest absolute Gasteiger partial charge is 0.351 e. The number of rotatable bonds is 3. The van der Waals surface area contributed by atoms with Crippen molar-refractivity contribution in [1.29, 1.82) is 0 Å². The molecule has 0 spiro atoms. The van der Waals surface area contributed by atoms with Crippen LogP contribution in [0.15, 0.2) is 0 Å². The number of hydrogen-bond acceptors (Lipinski definition) is 3. The van der Waals surface area contributed by atoms with Gasteiger partial charge >= 0.3 is 0 Å². The van der Waals surface area contributed by atoms with Gasteiger partial charge in [-0.2, -0.15) is 11.8 Å². The maximum Gasteiger partial charge on any atom is 0.223 e. The van der Waals surface area contributed by atoms with E-state index in [1.54, 1.807) is 0 Å². The molecular formula is C11H20N2OS. The summed E-state index contributed by atoms with van der Waals surface area (Å²) in [6, 6.07) is 0.399. The van der Waals surface area contributed by atoms with Crippen LogP contribution in [0.2, 0.25) is 0 Å². The normalized spacial score (nSPS) is 32.1. The number of nitrogens with one attached hydrogen (secondary N) is 2. The highest BCUT2D eigenvalue weighted by atomic mass is 32.2. The quantitative estimate of drug-likeness (QED) is 0.757. The van der Waals surface area contributed by atoms with Gasteiger partial charge in [-0.05, 0) is 31.9 Å². The minimum absolute atomic E-state index is 0.286. The molecule has 1 aliphatic heterocycles. The molecule has 2 N–H and O–H groups in total. The summed E-state index contributed by atoms with van der Waals surface area (Å²) in [4.78, 5) is 11.9. The third-order valence-corrected chi connectivity index (χ3v) is 4.64. The Morgan fingerprint density at radius 2 is 1.93 bits per heavy atom. The lowest BCUT2D eigenvalue weighted by molar-refractivity contribution is -0.126. The van der Waals surface area contributed by atoms with E-state index in [9.17, 15) is 4.79 Å². The van der Waals surface area contributed by atoms with Crippen LogP contribution >= 0.6 is 11.8 Å². The van der Waals surface area contributed by atoms with Gasteiger partial charge in [0.05, 0.1) is 6.04 Å². The minimum Gasteiger partial charge on any atom is -0.351 e. The summed E-state index contributed by atoms with van der Waals surface area (Å²) in [7, 11) is 0. The lowest BCUT2D eigenvalue weighted by Crippen LogP contribution is -2.58. The van der Waals surface area contributed by atoms with E-state index in [0.717, 1.165) is 31.2 Å². The van der Waals surface area contributed by atoms with Crippen LogP contribution in [-0.4, -0.2) is 36.5 Å². The predicted octanol–water partition coefficient (Wildman–Crippen LogP) is 0.996. The molecule has 1 heterocycles. The van der Waals surface area contributed by atoms with Crippen molar-refractivity contribution in [2.24, 2.45) is 5.92 Å². The molecule has 1 aliphatic carbocycles. The van der Waals surface area contributed by atoms with E-state index in [2.05, 4.69) is 16.9 Å². The average Bonchev–Trinajstić information content (AvgIpc) is 2.23. The van der Waals surface area contributed by atoms with Crippen molar-refractivity contribution in [2.45, 2.75) is 37.0 Å². The molecule has 0 aromatic rings. The van der Waals surface area contributed by atoms with Crippen LogP contribution in [0.3, 0.4) is 0 Å². The number of carbonyl (C=O) groups is 1. The molecule has 0 aromatic carbocycles. The van der Waals surface area contributed by atoms with Crippen molar-refractivity contribution < 1.29 is 4.79 Å². The maximum absolute atomic E-state index is 11.9. The van der Waals surface area contributed by atoms with Gasteiger partial charge in [0.1, 0.15) is 0 Å². The fraction of sp³-hybridized carbons (Fsp3) is 0.909. The second kappa shape index (κ2) is 5.21. The molecule has 2 aliphatic rings. The Kier molecular flexibility index (Phi) is 3.92. The molecule has 2 rings (SSSR count). The molecule has 0 aromatic heterocycles. The van der Waals surface area contributed by atoms with Crippen LogP contribution in [0.1, 0.15) is 25.7 Å². The van der Waals surface area contributed by atoms with Crippen LogP contribution < -0.4 is 10.6 Å². The SMILES string of the molecule is CSC1CCC(C(=O)NC2CNC2)CC1. The van der Waals surface area contributed by atoms with Crippen molar-refractivity contribution >= 4 is 17.7 Å². The summed E-state index contributed by atoms with van der Waals surface area (Å²) in [5, 5.41) is 7.07. The van der Waals surface area contributed by atoms with Crippen LogP contribution in [0.5, 0.6) is 0 Å². The van der Waals surface area contributed by atoms with Gasteiger partial charge in [-0.15, -0.1) is 0 Å². The van der Waals surface area contributed by atoms with E-state index >= 15 is 0 Å². The first-order valence-corrected chi connectivity index (χ1v) is 7.12. The Hall–Kier alpha value is -0.220. The predicted molar refractivity (Wildman–Crippen MR) is 64.1 cm³/mol. The summed E-state index contributed by atoms with van der Waals surface area (Å²) < 4.78 is 0. The molecule has 0 unspecified atom stereocenters. The standard InChI is InChI=1S/C11H20N2OS/c1-15-10-4-2-8(3-5-10)11(14)13-9-6-12-7-9/h8-10,12H,2-7H2,1H3,(H,13,14). The van der Waals surface area contributed by atoms with Crippen LogP contribution in [0.4, 0.5) is 0 Å². The minimum atomic E-state index is 0.286. The third-order valence-electron chi connectivity index (χ3n) is 3.51. The Balaban J connectivity index is 1.71. The summed E-state index contributed by atoms with van der Waals surface area (Å²) in [5.41, 5.74) is 0. The van der Waals surface area contributed by atoms with Crippen LogP contribution in [0.25, 0.3) is 0 Å². The van der Waals surface area contributed by atoms with Gasteiger partial charge in [-0.25, -0.2) is 0 Å². The zero-order chi connectivity index (χ0) is 10.7. The number of amides is 1. The fourth-order valence-electron chi connectivity index (χ4n) is 2.27. The van der Waals surface area contributed by atoms with Gasteiger partial charge in [0.15, 0.2) is 0 Å². The number of hydrogen-bond donors (Lipinski definition) is 2. The van der Waals surface area contributed by atoms with E-state index < -0.39 is 0 Å². The average molecular weight is 228 g/mol. The molecule has 2 fully saturated rings. The van der Waals surface area contributed by atoms with E-state index in [4.69, 9.17) is 0 Å². The monoisotopic (exact) mass is 228 g/mol. The zero-order valence-electron chi connectivity index (χ0n) is 9.29. The second-order valence-corrected chi connectivity index (χ2v) is 5.71. The molecule has 15 heavy (non-hydrogen) atoms. The highest BCUT2D eigenvalue weighted by molar-refractivity contribution is 7.99. The Bertz CT molecular complexity index is 223. The molecule has 1 saturated carbocycles. The van der Waals surface area contributed by atoms with Gasteiger partial charge in [-0.1, -0.05) is 0 Å². The lowest BCUT2D eigenvalue weighted by Gasteiger charge is -2.32. The zero-order valence-corrected chi connectivity index (χ0v) is 10.1. The van der Waals surface area contributed by atoms with E-state index in [-0.39, 0.29) is 5.92 Å². The van der Waals surface area contributed by atoms with Crippen LogP contribution in [0, 0.1) is 5.92 Å². The number of thioether (sulfide) groups is 1. The fourth-order valence-corrected chi connectivity index (χ4v) is 3.01. The van der Waals surface area contributed by atoms with Crippen molar-refractivity contribution in [3.05, 3.63) is 0 Å². The van der Waals surface area contributed by atoms with Crippen LogP contribution in [-0.2, 0) is 4.79 Å². The summed E-state index contributed by atoms with van der Waals surface area (Å²) in [6.45, 7) is 1.90. The summed E-state index contributed by atoms with van der Waals surface area (Å²) >= 11 is 1.95. The molecule has 1 amide bonds. The van der Waals surface area contributed by atoms with Gasteiger partial charge in [0.2, 0.25) is 5.91 Å².